The average molecular weight is 348 g/mol. The average Bonchev–Trinajstić information content (AvgIpc) is 3.12. The minimum Gasteiger partial charge on any atom is -0.332 e. The standard InChI is InChI=1S/C18H20N8/c1-12-11-13(2)24-18(23-12)26-10-3-5-14(26)15-16(20-9-8-19-15)25-17-21-6-4-7-22-17/h4,6-9,11,14H,3,5,10H2,1-2H3,(H,20,21,22,25)/t14-/m1/s1. The molecule has 3 aromatic rings. The zero-order valence-corrected chi connectivity index (χ0v) is 14.8. The van der Waals surface area contributed by atoms with Gasteiger partial charge in [-0.2, -0.15) is 0 Å². The molecule has 26 heavy (non-hydrogen) atoms. The molecule has 1 saturated heterocycles. The van der Waals surface area contributed by atoms with Crippen LogP contribution in [0.15, 0.2) is 36.9 Å². The van der Waals surface area contributed by atoms with Gasteiger partial charge < -0.3 is 10.2 Å². The number of aromatic nitrogens is 6. The normalized spacial score (nSPS) is 16.7. The van der Waals surface area contributed by atoms with Crippen molar-refractivity contribution < 1.29 is 0 Å². The molecule has 132 valence electrons. The van der Waals surface area contributed by atoms with Crippen LogP contribution in [0, 0.1) is 13.8 Å². The number of nitrogens with zero attached hydrogens (tertiary/aromatic N) is 7. The molecule has 1 atom stereocenters. The van der Waals surface area contributed by atoms with Crippen LogP contribution in [0.5, 0.6) is 0 Å². The van der Waals surface area contributed by atoms with Gasteiger partial charge in [-0.15, -0.1) is 0 Å². The first-order chi connectivity index (χ1) is 12.7. The Labute approximate surface area is 151 Å². The van der Waals surface area contributed by atoms with E-state index in [4.69, 9.17) is 0 Å². The fourth-order valence-electron chi connectivity index (χ4n) is 3.28. The monoisotopic (exact) mass is 348 g/mol. The lowest BCUT2D eigenvalue weighted by Gasteiger charge is -2.25. The van der Waals surface area contributed by atoms with E-state index in [-0.39, 0.29) is 6.04 Å². The van der Waals surface area contributed by atoms with Crippen molar-refractivity contribution in [3.05, 3.63) is 54.0 Å². The van der Waals surface area contributed by atoms with Crippen molar-refractivity contribution in [3.63, 3.8) is 0 Å². The number of nitrogens with one attached hydrogen (secondary N) is 1. The fraction of sp³-hybridized carbons (Fsp3) is 0.333. The van der Waals surface area contributed by atoms with Crippen molar-refractivity contribution in [2.24, 2.45) is 0 Å². The van der Waals surface area contributed by atoms with Crippen LogP contribution in [0.4, 0.5) is 17.7 Å². The van der Waals surface area contributed by atoms with Gasteiger partial charge in [0.1, 0.15) is 5.69 Å². The van der Waals surface area contributed by atoms with Crippen LogP contribution in [0.25, 0.3) is 0 Å². The molecule has 0 bridgehead atoms. The van der Waals surface area contributed by atoms with E-state index < -0.39 is 0 Å². The van der Waals surface area contributed by atoms with E-state index in [1.54, 1.807) is 30.9 Å². The maximum atomic E-state index is 4.63. The molecule has 3 aromatic heterocycles. The van der Waals surface area contributed by atoms with Crippen LogP contribution >= 0.6 is 0 Å². The Morgan fingerprint density at radius 2 is 1.69 bits per heavy atom. The van der Waals surface area contributed by atoms with Gasteiger partial charge in [-0.05, 0) is 38.8 Å². The molecule has 0 spiro atoms. The highest BCUT2D eigenvalue weighted by Crippen LogP contribution is 2.36. The lowest BCUT2D eigenvalue weighted by molar-refractivity contribution is 0.675. The van der Waals surface area contributed by atoms with Gasteiger partial charge in [0.05, 0.1) is 6.04 Å². The van der Waals surface area contributed by atoms with Gasteiger partial charge in [-0.25, -0.2) is 24.9 Å². The Kier molecular flexibility index (Phi) is 4.39. The highest BCUT2D eigenvalue weighted by atomic mass is 15.3. The van der Waals surface area contributed by atoms with Crippen LogP contribution in [0.1, 0.15) is 36.0 Å². The van der Waals surface area contributed by atoms with E-state index in [1.807, 2.05) is 19.9 Å². The molecule has 1 aliphatic rings. The minimum atomic E-state index is 0.0658. The highest BCUT2D eigenvalue weighted by molar-refractivity contribution is 5.53. The summed E-state index contributed by atoms with van der Waals surface area (Å²) in [7, 11) is 0. The molecular formula is C18H20N8. The smallest absolute Gasteiger partial charge is 0.228 e. The topological polar surface area (TPSA) is 92.6 Å². The Morgan fingerprint density at radius 3 is 2.46 bits per heavy atom. The third-order valence-corrected chi connectivity index (χ3v) is 4.32. The fourth-order valence-corrected chi connectivity index (χ4v) is 3.28. The summed E-state index contributed by atoms with van der Waals surface area (Å²) in [6.45, 7) is 4.88. The van der Waals surface area contributed by atoms with Gasteiger partial charge >= 0.3 is 0 Å². The first-order valence-electron chi connectivity index (χ1n) is 8.64. The van der Waals surface area contributed by atoms with E-state index in [0.29, 0.717) is 11.8 Å². The summed E-state index contributed by atoms with van der Waals surface area (Å²) in [6, 6.07) is 3.83. The van der Waals surface area contributed by atoms with Gasteiger partial charge in [0.25, 0.3) is 0 Å². The molecule has 0 radical (unpaired) electrons. The zero-order valence-electron chi connectivity index (χ0n) is 14.8. The van der Waals surface area contributed by atoms with Gasteiger partial charge in [-0.3, -0.25) is 4.98 Å². The van der Waals surface area contributed by atoms with E-state index in [0.717, 1.165) is 42.4 Å². The Bertz CT molecular complexity index is 878. The first kappa shape index (κ1) is 16.3. The van der Waals surface area contributed by atoms with E-state index >= 15 is 0 Å². The van der Waals surface area contributed by atoms with Gasteiger partial charge in [-0.1, -0.05) is 0 Å². The third-order valence-electron chi connectivity index (χ3n) is 4.32. The zero-order chi connectivity index (χ0) is 17.9. The summed E-state index contributed by atoms with van der Waals surface area (Å²) >= 11 is 0. The molecule has 8 heteroatoms. The molecule has 0 amide bonds. The molecule has 0 saturated carbocycles. The summed E-state index contributed by atoms with van der Waals surface area (Å²) in [4.78, 5) is 29.0. The molecule has 0 aromatic carbocycles. The molecule has 0 unspecified atom stereocenters. The molecular weight excluding hydrogens is 328 g/mol. The van der Waals surface area contributed by atoms with Crippen molar-refractivity contribution in [2.75, 3.05) is 16.8 Å². The predicted octanol–water partition coefficient (Wildman–Crippen LogP) is 2.76. The summed E-state index contributed by atoms with van der Waals surface area (Å²) < 4.78 is 0. The second kappa shape index (κ2) is 6.99. The van der Waals surface area contributed by atoms with Crippen LogP contribution in [-0.4, -0.2) is 36.4 Å². The highest BCUT2D eigenvalue weighted by Gasteiger charge is 2.31. The molecule has 4 rings (SSSR count). The molecule has 8 nitrogen and oxygen atoms in total. The molecule has 1 aliphatic heterocycles. The summed E-state index contributed by atoms with van der Waals surface area (Å²) in [5, 5.41) is 3.18. The Balaban J connectivity index is 1.68. The van der Waals surface area contributed by atoms with Crippen LogP contribution in [-0.2, 0) is 0 Å². The summed E-state index contributed by atoms with van der Waals surface area (Å²) in [6.07, 6.45) is 8.79. The number of aryl methyl sites for hydroxylation is 2. The minimum absolute atomic E-state index is 0.0658. The van der Waals surface area contributed by atoms with Crippen molar-refractivity contribution in [3.8, 4) is 0 Å². The number of rotatable bonds is 4. The second-order valence-electron chi connectivity index (χ2n) is 6.29. The summed E-state index contributed by atoms with van der Waals surface area (Å²) in [5.74, 6) is 1.92. The quantitative estimate of drug-likeness (QED) is 0.769. The van der Waals surface area contributed by atoms with E-state index in [9.17, 15) is 0 Å². The predicted molar refractivity (Wildman–Crippen MR) is 98.2 cm³/mol. The Morgan fingerprint density at radius 1 is 0.962 bits per heavy atom. The molecule has 1 fully saturated rings. The number of hydrogen-bond donors (Lipinski definition) is 1. The lowest BCUT2D eigenvalue weighted by Crippen LogP contribution is -2.26. The maximum absolute atomic E-state index is 4.63. The first-order valence-corrected chi connectivity index (χ1v) is 8.64. The van der Waals surface area contributed by atoms with Crippen LogP contribution < -0.4 is 10.2 Å². The molecule has 4 heterocycles. The summed E-state index contributed by atoms with van der Waals surface area (Å²) in [5.41, 5.74) is 2.79. The van der Waals surface area contributed by atoms with Gasteiger partial charge in [0.15, 0.2) is 5.82 Å². The van der Waals surface area contributed by atoms with Crippen LogP contribution in [0.2, 0.25) is 0 Å². The number of anilines is 3. The second-order valence-corrected chi connectivity index (χ2v) is 6.29. The maximum Gasteiger partial charge on any atom is 0.228 e. The SMILES string of the molecule is Cc1cc(C)nc(N2CCC[C@@H]2c2nccnc2Nc2ncccn2)n1. The Hall–Kier alpha value is -3.16. The lowest BCUT2D eigenvalue weighted by atomic mass is 10.1. The van der Waals surface area contributed by atoms with Crippen LogP contribution in [0.3, 0.4) is 0 Å². The van der Waals surface area contributed by atoms with Crippen molar-refractivity contribution >= 4 is 17.7 Å². The van der Waals surface area contributed by atoms with E-state index in [2.05, 4.69) is 40.1 Å². The van der Waals surface area contributed by atoms with Gasteiger partial charge in [0.2, 0.25) is 11.9 Å². The van der Waals surface area contributed by atoms with Crippen molar-refractivity contribution in [1.82, 2.24) is 29.9 Å². The van der Waals surface area contributed by atoms with Gasteiger partial charge in [0, 0.05) is 42.7 Å². The van der Waals surface area contributed by atoms with E-state index in [1.165, 1.54) is 0 Å². The van der Waals surface area contributed by atoms with Crippen molar-refractivity contribution in [1.29, 1.82) is 0 Å². The van der Waals surface area contributed by atoms with Crippen molar-refractivity contribution in [2.45, 2.75) is 32.7 Å². The molecule has 0 aliphatic carbocycles. The molecule has 1 N–H and O–H groups in total. The largest absolute Gasteiger partial charge is 0.332 e. The third kappa shape index (κ3) is 3.30. The number of hydrogen-bond acceptors (Lipinski definition) is 8.